The number of fused-ring (bicyclic) bond motifs is 2. The molecule has 2 aromatic rings. The number of aldehydes is 1. The molecule has 30 heavy (non-hydrogen) atoms. The summed E-state index contributed by atoms with van der Waals surface area (Å²) >= 11 is 1.52. The zero-order chi connectivity index (χ0) is 21.1. The van der Waals surface area contributed by atoms with Crippen molar-refractivity contribution < 1.29 is 13.6 Å². The van der Waals surface area contributed by atoms with E-state index in [9.17, 15) is 13.6 Å². The van der Waals surface area contributed by atoms with Gasteiger partial charge in [-0.05, 0) is 67.6 Å². The summed E-state index contributed by atoms with van der Waals surface area (Å²) in [6, 6.07) is 11.8. The number of hydrogen-bond donors (Lipinski definition) is 1. The fraction of sp³-hybridized carbons (Fsp3) is 0.391. The van der Waals surface area contributed by atoms with Crippen LogP contribution in [0.1, 0.15) is 36.0 Å². The van der Waals surface area contributed by atoms with Crippen LogP contribution in [0.3, 0.4) is 0 Å². The van der Waals surface area contributed by atoms with E-state index in [4.69, 9.17) is 0 Å². The standard InChI is InChI=1S/C17H14F2N2S.C6H11NO/c1-21-17(9-8-11-4-2-3-5-14(11)17)22-16(20-21)13-10-12(18)6-7-15(13)19;8-4-2-6-1-3-7-5-6/h2-7,10H,8-9H2,1H3;4,6-7H,1-3,5H2. The van der Waals surface area contributed by atoms with Crippen molar-refractivity contribution >= 4 is 23.1 Å². The van der Waals surface area contributed by atoms with Crippen molar-refractivity contribution in [2.24, 2.45) is 11.0 Å². The van der Waals surface area contributed by atoms with E-state index in [1.54, 1.807) is 0 Å². The van der Waals surface area contributed by atoms with Crippen LogP contribution < -0.4 is 5.32 Å². The van der Waals surface area contributed by atoms with Crippen LogP contribution in [-0.2, 0) is 16.1 Å². The maximum atomic E-state index is 14.0. The normalized spacial score (nSPS) is 24.4. The molecule has 7 heteroatoms. The topological polar surface area (TPSA) is 44.7 Å². The van der Waals surface area contributed by atoms with Crippen LogP contribution in [-0.4, -0.2) is 36.5 Å². The minimum absolute atomic E-state index is 0.234. The lowest BCUT2D eigenvalue weighted by atomic mass is 10.1. The molecule has 0 saturated carbocycles. The van der Waals surface area contributed by atoms with Crippen LogP contribution in [0.2, 0.25) is 0 Å². The van der Waals surface area contributed by atoms with Gasteiger partial charge in [-0.15, -0.1) is 0 Å². The van der Waals surface area contributed by atoms with E-state index in [0.717, 1.165) is 50.8 Å². The highest BCUT2D eigenvalue weighted by Gasteiger charge is 2.48. The molecule has 0 bridgehead atoms. The molecule has 2 unspecified atom stereocenters. The SMILES string of the molecule is CN1N=C(c2cc(F)ccc2F)SC12CCc1ccccc12.O=CCC1CCNC1. The smallest absolute Gasteiger partial charge is 0.134 e. The molecule has 3 aliphatic rings. The van der Waals surface area contributed by atoms with Gasteiger partial charge in [0.2, 0.25) is 0 Å². The van der Waals surface area contributed by atoms with Crippen molar-refractivity contribution in [3.63, 3.8) is 0 Å². The van der Waals surface area contributed by atoms with Gasteiger partial charge in [0, 0.05) is 19.0 Å². The molecule has 1 saturated heterocycles. The van der Waals surface area contributed by atoms with Gasteiger partial charge in [-0.1, -0.05) is 36.0 Å². The molecule has 1 spiro atoms. The lowest BCUT2D eigenvalue weighted by Gasteiger charge is -2.31. The van der Waals surface area contributed by atoms with Gasteiger partial charge in [0.25, 0.3) is 0 Å². The molecule has 4 nitrogen and oxygen atoms in total. The molecule has 1 aliphatic carbocycles. The maximum Gasteiger partial charge on any atom is 0.134 e. The van der Waals surface area contributed by atoms with Gasteiger partial charge in [0.1, 0.15) is 27.8 Å². The summed E-state index contributed by atoms with van der Waals surface area (Å²) in [7, 11) is 1.90. The number of rotatable bonds is 3. The first-order chi connectivity index (χ1) is 14.5. The summed E-state index contributed by atoms with van der Waals surface area (Å²) in [5.41, 5.74) is 2.76. The molecule has 1 N–H and O–H groups in total. The molecular weight excluding hydrogens is 404 g/mol. The van der Waals surface area contributed by atoms with Crippen molar-refractivity contribution in [1.82, 2.24) is 10.3 Å². The lowest BCUT2D eigenvalue weighted by Crippen LogP contribution is -2.31. The Bertz CT molecular complexity index is 961. The van der Waals surface area contributed by atoms with Crippen LogP contribution in [0, 0.1) is 17.6 Å². The summed E-state index contributed by atoms with van der Waals surface area (Å²) in [5.74, 6) is -0.257. The Morgan fingerprint density at radius 2 is 2.13 bits per heavy atom. The van der Waals surface area contributed by atoms with E-state index in [2.05, 4.69) is 22.6 Å². The number of hydrogen-bond acceptors (Lipinski definition) is 5. The van der Waals surface area contributed by atoms with E-state index >= 15 is 0 Å². The summed E-state index contributed by atoms with van der Waals surface area (Å²) in [4.78, 5) is 9.63. The first-order valence-corrected chi connectivity index (χ1v) is 11.0. The van der Waals surface area contributed by atoms with E-state index < -0.39 is 11.6 Å². The van der Waals surface area contributed by atoms with Crippen molar-refractivity contribution in [2.45, 2.75) is 30.6 Å². The van der Waals surface area contributed by atoms with Gasteiger partial charge >= 0.3 is 0 Å². The number of halogens is 2. The zero-order valence-electron chi connectivity index (χ0n) is 16.9. The number of nitrogens with zero attached hydrogens (tertiary/aromatic N) is 2. The van der Waals surface area contributed by atoms with Gasteiger partial charge in [-0.3, -0.25) is 5.01 Å². The van der Waals surface area contributed by atoms with E-state index in [1.165, 1.54) is 35.4 Å². The first kappa shape index (κ1) is 21.0. The molecule has 0 amide bonds. The van der Waals surface area contributed by atoms with Crippen LogP contribution in [0.4, 0.5) is 8.78 Å². The molecule has 5 rings (SSSR count). The highest BCUT2D eigenvalue weighted by Crippen LogP contribution is 2.54. The monoisotopic (exact) mass is 429 g/mol. The average Bonchev–Trinajstić information content (AvgIpc) is 3.46. The Balaban J connectivity index is 0.000000230. The third-order valence-electron chi connectivity index (χ3n) is 5.95. The first-order valence-electron chi connectivity index (χ1n) is 10.2. The number of carbonyl (C=O) groups excluding carboxylic acids is 1. The van der Waals surface area contributed by atoms with E-state index in [0.29, 0.717) is 11.0 Å². The van der Waals surface area contributed by atoms with Crippen LogP contribution in [0.5, 0.6) is 0 Å². The fourth-order valence-corrected chi connectivity index (χ4v) is 5.72. The van der Waals surface area contributed by atoms with Gasteiger partial charge in [-0.2, -0.15) is 5.10 Å². The minimum atomic E-state index is -0.449. The van der Waals surface area contributed by atoms with Crippen molar-refractivity contribution in [3.05, 3.63) is 70.8 Å². The maximum absolute atomic E-state index is 14.0. The molecule has 2 atom stereocenters. The number of benzene rings is 2. The molecule has 2 heterocycles. The summed E-state index contributed by atoms with van der Waals surface area (Å²) < 4.78 is 27.5. The largest absolute Gasteiger partial charge is 0.316 e. The van der Waals surface area contributed by atoms with Gasteiger partial charge < -0.3 is 10.1 Å². The van der Waals surface area contributed by atoms with Gasteiger partial charge in [0.05, 0.1) is 0 Å². The minimum Gasteiger partial charge on any atom is -0.316 e. The number of hydrazone groups is 1. The summed E-state index contributed by atoms with van der Waals surface area (Å²) in [5, 5.41) is 10.1. The lowest BCUT2D eigenvalue weighted by molar-refractivity contribution is -0.108. The Morgan fingerprint density at radius 1 is 1.30 bits per heavy atom. The predicted octanol–water partition coefficient (Wildman–Crippen LogP) is 4.29. The van der Waals surface area contributed by atoms with Crippen LogP contribution in [0.25, 0.3) is 0 Å². The van der Waals surface area contributed by atoms with Crippen molar-refractivity contribution in [2.75, 3.05) is 20.1 Å². The molecule has 158 valence electrons. The molecule has 0 radical (unpaired) electrons. The third-order valence-corrected chi connectivity index (χ3v) is 7.47. The number of aryl methyl sites for hydroxylation is 1. The van der Waals surface area contributed by atoms with Crippen LogP contribution in [0.15, 0.2) is 47.6 Å². The number of carbonyl (C=O) groups is 1. The van der Waals surface area contributed by atoms with E-state index in [1.807, 2.05) is 24.2 Å². The molecule has 2 aliphatic heterocycles. The fourth-order valence-electron chi connectivity index (χ4n) is 4.29. The van der Waals surface area contributed by atoms with Gasteiger partial charge in [-0.25, -0.2) is 8.78 Å². The van der Waals surface area contributed by atoms with E-state index in [-0.39, 0.29) is 10.4 Å². The number of thioether (sulfide) groups is 1. The predicted molar refractivity (Wildman–Crippen MR) is 116 cm³/mol. The third kappa shape index (κ3) is 4.01. The second-order valence-corrected chi connectivity index (χ2v) is 9.12. The summed E-state index contributed by atoms with van der Waals surface area (Å²) in [6.07, 6.45) is 4.82. The van der Waals surface area contributed by atoms with Crippen LogP contribution >= 0.6 is 11.8 Å². The summed E-state index contributed by atoms with van der Waals surface area (Å²) in [6.45, 7) is 2.14. The molecule has 0 aromatic heterocycles. The Labute approximate surface area is 179 Å². The zero-order valence-corrected chi connectivity index (χ0v) is 17.7. The second kappa shape index (κ2) is 8.86. The second-order valence-electron chi connectivity index (χ2n) is 7.86. The average molecular weight is 430 g/mol. The van der Waals surface area contributed by atoms with Crippen molar-refractivity contribution in [1.29, 1.82) is 0 Å². The Hall–Kier alpha value is -2.25. The van der Waals surface area contributed by atoms with Crippen molar-refractivity contribution in [3.8, 4) is 0 Å². The Kier molecular flexibility index (Phi) is 6.20. The quantitative estimate of drug-likeness (QED) is 0.740. The molecular formula is C23H25F2N3OS. The Morgan fingerprint density at radius 3 is 2.90 bits per heavy atom. The van der Waals surface area contributed by atoms with Gasteiger partial charge in [0.15, 0.2) is 0 Å². The highest BCUT2D eigenvalue weighted by molar-refractivity contribution is 8.15. The molecule has 2 aromatic carbocycles. The number of nitrogens with one attached hydrogen (secondary N) is 1. The highest BCUT2D eigenvalue weighted by atomic mass is 32.2. The molecule has 1 fully saturated rings.